The first-order valence-corrected chi connectivity index (χ1v) is 10.5. The van der Waals surface area contributed by atoms with Gasteiger partial charge in [-0.2, -0.15) is 0 Å². The van der Waals surface area contributed by atoms with Crippen LogP contribution in [-0.4, -0.2) is 9.67 Å². The molecule has 0 fully saturated rings. The second kappa shape index (κ2) is 10.7. The first-order chi connectivity index (χ1) is 13.8. The maximum absolute atomic E-state index is 10.7. The molecule has 1 aromatic heterocycles. The van der Waals surface area contributed by atoms with Crippen molar-refractivity contribution in [3.63, 3.8) is 0 Å². The van der Waals surface area contributed by atoms with E-state index in [0.717, 1.165) is 23.9 Å². The molecule has 0 saturated heterocycles. The number of nitrogens with zero attached hydrogens (tertiary/aromatic N) is 1. The molecule has 2 nitrogen and oxygen atoms in total. The minimum absolute atomic E-state index is 0.438. The van der Waals surface area contributed by atoms with E-state index in [4.69, 9.17) is 0 Å². The van der Waals surface area contributed by atoms with Gasteiger partial charge in [0, 0.05) is 10.8 Å². The number of fused-ring (bicyclic) bond motifs is 3. The quantitative estimate of drug-likeness (QED) is 0.337. The highest BCUT2D eigenvalue weighted by molar-refractivity contribution is 6.08. The van der Waals surface area contributed by atoms with Gasteiger partial charge in [-0.05, 0) is 25.0 Å². The Hall–Kier alpha value is -2.58. The van der Waals surface area contributed by atoms with Crippen LogP contribution < -0.4 is 0 Å². The zero-order valence-corrected chi connectivity index (χ0v) is 16.8. The molecule has 0 spiro atoms. The number of aliphatic hydroxyl groups excluding tert-OH is 1. The predicted molar refractivity (Wildman–Crippen MR) is 121 cm³/mol. The summed E-state index contributed by atoms with van der Waals surface area (Å²) >= 11 is 0. The lowest BCUT2D eigenvalue weighted by molar-refractivity contribution is 0.0999. The minimum atomic E-state index is -0.438. The maximum Gasteiger partial charge on any atom is 0.131 e. The Balaban J connectivity index is 0.000000320. The SMILES string of the molecule is CCCCCCCC(O)n1c2ccccc2c2ccccc21.c1ccccc1. The average Bonchev–Trinajstić information content (AvgIpc) is 3.10. The van der Waals surface area contributed by atoms with Crippen LogP contribution in [0.4, 0.5) is 0 Å². The predicted octanol–water partition coefficient (Wildman–Crippen LogP) is 7.33. The molecule has 1 unspecified atom stereocenters. The summed E-state index contributed by atoms with van der Waals surface area (Å²) in [4.78, 5) is 0. The highest BCUT2D eigenvalue weighted by Crippen LogP contribution is 2.32. The lowest BCUT2D eigenvalue weighted by atomic mass is 10.1. The van der Waals surface area contributed by atoms with Crippen molar-refractivity contribution >= 4 is 21.8 Å². The van der Waals surface area contributed by atoms with Crippen molar-refractivity contribution in [3.05, 3.63) is 84.9 Å². The van der Waals surface area contributed by atoms with Crippen LogP contribution in [0.25, 0.3) is 21.8 Å². The third kappa shape index (κ3) is 5.02. The Bertz CT molecular complexity index is 878. The summed E-state index contributed by atoms with van der Waals surface area (Å²) in [6, 6.07) is 28.7. The maximum atomic E-state index is 10.7. The molecule has 3 aromatic carbocycles. The standard InChI is InChI=1S/C20H25NO.C6H6/c1-2-3-4-5-6-15-20(22)21-18-13-9-7-11-16(18)17-12-8-10-14-19(17)21;1-2-4-6-5-3-1/h7-14,20,22H,2-6,15H2,1H3;1-6H. The molecule has 28 heavy (non-hydrogen) atoms. The summed E-state index contributed by atoms with van der Waals surface area (Å²) in [6.45, 7) is 2.23. The second-order valence-corrected chi connectivity index (χ2v) is 7.24. The third-order valence-electron chi connectivity index (χ3n) is 5.15. The van der Waals surface area contributed by atoms with Crippen molar-refractivity contribution in [2.45, 2.75) is 51.7 Å². The largest absolute Gasteiger partial charge is 0.373 e. The molecular formula is C26H31NO. The van der Waals surface area contributed by atoms with Crippen molar-refractivity contribution in [1.82, 2.24) is 4.57 Å². The lowest BCUT2D eigenvalue weighted by Crippen LogP contribution is -2.07. The Labute approximate surface area is 168 Å². The van der Waals surface area contributed by atoms with E-state index in [1.165, 1.54) is 36.5 Å². The molecule has 0 aliphatic carbocycles. The van der Waals surface area contributed by atoms with Crippen LogP contribution in [0.2, 0.25) is 0 Å². The minimum Gasteiger partial charge on any atom is -0.373 e. The van der Waals surface area contributed by atoms with E-state index < -0.39 is 6.23 Å². The molecule has 1 atom stereocenters. The van der Waals surface area contributed by atoms with E-state index in [9.17, 15) is 5.11 Å². The topological polar surface area (TPSA) is 25.2 Å². The molecule has 0 radical (unpaired) electrons. The first kappa shape index (κ1) is 20.2. The fourth-order valence-electron chi connectivity index (χ4n) is 3.72. The molecule has 0 saturated carbocycles. The summed E-state index contributed by atoms with van der Waals surface area (Å²) < 4.78 is 2.10. The Kier molecular flexibility index (Phi) is 7.69. The number of hydrogen-bond donors (Lipinski definition) is 1. The van der Waals surface area contributed by atoms with Crippen molar-refractivity contribution < 1.29 is 5.11 Å². The van der Waals surface area contributed by atoms with E-state index >= 15 is 0 Å². The monoisotopic (exact) mass is 373 g/mol. The molecule has 2 heteroatoms. The summed E-state index contributed by atoms with van der Waals surface area (Å²) in [5.41, 5.74) is 2.26. The molecule has 0 aliphatic heterocycles. The van der Waals surface area contributed by atoms with Gasteiger partial charge in [-0.1, -0.05) is 105 Å². The fraction of sp³-hybridized carbons (Fsp3) is 0.308. The summed E-state index contributed by atoms with van der Waals surface area (Å²) in [7, 11) is 0. The van der Waals surface area contributed by atoms with Crippen LogP contribution in [0, 0.1) is 0 Å². The van der Waals surface area contributed by atoms with E-state index in [0.29, 0.717) is 0 Å². The van der Waals surface area contributed by atoms with Crippen molar-refractivity contribution in [3.8, 4) is 0 Å². The zero-order valence-electron chi connectivity index (χ0n) is 16.8. The van der Waals surface area contributed by atoms with Crippen LogP contribution in [0.15, 0.2) is 84.9 Å². The Morgan fingerprint density at radius 2 is 1.11 bits per heavy atom. The second-order valence-electron chi connectivity index (χ2n) is 7.24. The lowest BCUT2D eigenvalue weighted by Gasteiger charge is -2.15. The summed E-state index contributed by atoms with van der Waals surface area (Å²) in [5.74, 6) is 0. The number of aromatic nitrogens is 1. The molecule has 1 heterocycles. The highest BCUT2D eigenvalue weighted by atomic mass is 16.3. The van der Waals surface area contributed by atoms with Gasteiger partial charge in [-0.3, -0.25) is 0 Å². The van der Waals surface area contributed by atoms with E-state index in [1.807, 2.05) is 48.5 Å². The van der Waals surface area contributed by atoms with Crippen LogP contribution in [0.5, 0.6) is 0 Å². The van der Waals surface area contributed by atoms with Crippen molar-refractivity contribution in [2.24, 2.45) is 0 Å². The van der Waals surface area contributed by atoms with Gasteiger partial charge < -0.3 is 9.67 Å². The molecule has 0 aliphatic rings. The van der Waals surface area contributed by atoms with Crippen LogP contribution >= 0.6 is 0 Å². The number of hydrogen-bond acceptors (Lipinski definition) is 1. The summed E-state index contributed by atoms with van der Waals surface area (Å²) in [6.07, 6.45) is 6.51. The molecule has 4 rings (SSSR count). The Morgan fingerprint density at radius 1 is 0.643 bits per heavy atom. The molecule has 146 valence electrons. The number of para-hydroxylation sites is 2. The number of rotatable bonds is 7. The third-order valence-corrected chi connectivity index (χ3v) is 5.15. The normalized spacial score (nSPS) is 11.9. The van der Waals surface area contributed by atoms with E-state index in [1.54, 1.807) is 0 Å². The number of unbranched alkanes of at least 4 members (excludes halogenated alkanes) is 4. The first-order valence-electron chi connectivity index (χ1n) is 10.5. The van der Waals surface area contributed by atoms with Gasteiger partial charge in [0.2, 0.25) is 0 Å². The zero-order chi connectivity index (χ0) is 19.6. The van der Waals surface area contributed by atoms with Gasteiger partial charge in [-0.15, -0.1) is 0 Å². The van der Waals surface area contributed by atoms with Crippen LogP contribution in [0.3, 0.4) is 0 Å². The van der Waals surface area contributed by atoms with Gasteiger partial charge in [0.1, 0.15) is 6.23 Å². The Morgan fingerprint density at radius 3 is 1.61 bits per heavy atom. The fourth-order valence-corrected chi connectivity index (χ4v) is 3.72. The van der Waals surface area contributed by atoms with Gasteiger partial charge in [0.25, 0.3) is 0 Å². The highest BCUT2D eigenvalue weighted by Gasteiger charge is 2.15. The van der Waals surface area contributed by atoms with Crippen molar-refractivity contribution in [2.75, 3.05) is 0 Å². The van der Waals surface area contributed by atoms with E-state index in [2.05, 4.69) is 47.9 Å². The molecular weight excluding hydrogens is 342 g/mol. The van der Waals surface area contributed by atoms with Gasteiger partial charge in [-0.25, -0.2) is 0 Å². The smallest absolute Gasteiger partial charge is 0.131 e. The van der Waals surface area contributed by atoms with Gasteiger partial charge in [0.05, 0.1) is 11.0 Å². The number of aliphatic hydroxyl groups is 1. The van der Waals surface area contributed by atoms with E-state index in [-0.39, 0.29) is 0 Å². The number of benzene rings is 3. The van der Waals surface area contributed by atoms with Gasteiger partial charge >= 0.3 is 0 Å². The van der Waals surface area contributed by atoms with Crippen molar-refractivity contribution in [1.29, 1.82) is 0 Å². The average molecular weight is 374 g/mol. The van der Waals surface area contributed by atoms with Crippen LogP contribution in [-0.2, 0) is 0 Å². The summed E-state index contributed by atoms with van der Waals surface area (Å²) in [5, 5.41) is 13.2. The molecule has 1 N–H and O–H groups in total. The molecule has 0 amide bonds. The molecule has 0 bridgehead atoms. The van der Waals surface area contributed by atoms with Gasteiger partial charge in [0.15, 0.2) is 0 Å². The molecule has 4 aromatic rings. The van der Waals surface area contributed by atoms with Crippen LogP contribution in [0.1, 0.15) is 51.7 Å².